The second-order valence-corrected chi connectivity index (χ2v) is 16.2. The number of ether oxygens (including phenoxy) is 1. The van der Waals surface area contributed by atoms with Crippen LogP contribution in [-0.4, -0.2) is 34.6 Å². The monoisotopic (exact) mass is 761 g/mol. The number of alkyl halides is 3. The maximum atomic E-state index is 14.2. The molecule has 2 saturated carbocycles. The molecule has 0 radical (unpaired) electrons. The zero-order chi connectivity index (χ0) is 36.1. The number of hydrogen-bond donors (Lipinski definition) is 2. The van der Waals surface area contributed by atoms with Gasteiger partial charge in [0, 0.05) is 37.7 Å². The van der Waals surface area contributed by atoms with Gasteiger partial charge in [0.05, 0.1) is 28.1 Å². The van der Waals surface area contributed by atoms with Crippen molar-refractivity contribution in [3.8, 4) is 5.75 Å². The van der Waals surface area contributed by atoms with Crippen LogP contribution >= 0.6 is 34.7 Å². The lowest BCUT2D eigenvalue weighted by atomic mass is 9.68. The van der Waals surface area contributed by atoms with E-state index in [1.165, 1.54) is 30.0 Å². The number of hydrogen-bond acceptors (Lipinski definition) is 7. The smallest absolute Gasteiger partial charge is 0.418 e. The van der Waals surface area contributed by atoms with E-state index >= 15 is 0 Å². The molecule has 7 atom stereocenters. The zero-order valence-electron chi connectivity index (χ0n) is 26.9. The molecule has 14 heteroatoms. The van der Waals surface area contributed by atoms with Gasteiger partial charge in [0.25, 0.3) is 5.91 Å². The van der Waals surface area contributed by atoms with Gasteiger partial charge < -0.3 is 15.0 Å². The number of imide groups is 1. The number of H-pyrrole nitrogens is 1. The topological polar surface area (TPSA) is 109 Å². The number of amides is 3. The van der Waals surface area contributed by atoms with Crippen LogP contribution in [-0.2, 0) is 20.6 Å². The number of nitrogens with zero attached hydrogens (tertiary/aromatic N) is 1. The zero-order valence-corrected chi connectivity index (χ0v) is 29.2. The minimum Gasteiger partial charge on any atom is -0.483 e. The Morgan fingerprint density at radius 3 is 2.48 bits per heavy atom. The summed E-state index contributed by atoms with van der Waals surface area (Å²) in [6, 6.07) is 23.0. The van der Waals surface area contributed by atoms with E-state index in [9.17, 15) is 32.3 Å². The predicted octanol–water partition coefficient (Wildman–Crippen LogP) is 7.96. The van der Waals surface area contributed by atoms with Gasteiger partial charge in [-0.25, -0.2) is 4.90 Å². The SMILES string of the molecule is O=C(COc1ccc(Cl)cc1[C@H]1c2sc(=O)[nH]c2SC2C3CC(C4C(=O)N(c5ccccc5C(F)(F)F)C(=O)C34)C21)Nc1cccc2ccccc12. The fourth-order valence-electron chi connectivity index (χ4n) is 9.07. The molecule has 8 nitrogen and oxygen atoms in total. The highest BCUT2D eigenvalue weighted by Gasteiger charge is 2.70. The van der Waals surface area contributed by atoms with Crippen LogP contribution in [0.1, 0.15) is 28.3 Å². The van der Waals surface area contributed by atoms with Gasteiger partial charge in [-0.05, 0) is 66.0 Å². The molecular formula is C38H27ClF3N3O5S2. The lowest BCUT2D eigenvalue weighted by Crippen LogP contribution is -2.42. The van der Waals surface area contributed by atoms with Crippen molar-refractivity contribution in [2.75, 3.05) is 16.8 Å². The van der Waals surface area contributed by atoms with Gasteiger partial charge in [-0.3, -0.25) is 19.2 Å². The summed E-state index contributed by atoms with van der Waals surface area (Å²) in [5, 5.41) is 5.57. The molecule has 3 fully saturated rings. The number of thiazole rings is 1. The molecule has 1 aromatic heterocycles. The summed E-state index contributed by atoms with van der Waals surface area (Å²) >= 11 is 9.08. The number of aromatic nitrogens is 1. The Balaban J connectivity index is 1.06. The molecule has 0 spiro atoms. The Labute approximate surface area is 307 Å². The summed E-state index contributed by atoms with van der Waals surface area (Å²) in [5.74, 6) is -4.37. The van der Waals surface area contributed by atoms with E-state index in [4.69, 9.17) is 16.3 Å². The van der Waals surface area contributed by atoms with E-state index < -0.39 is 52.9 Å². The van der Waals surface area contributed by atoms with E-state index in [-0.39, 0.29) is 34.5 Å². The fraction of sp³-hybridized carbons (Fsp3) is 0.263. The van der Waals surface area contributed by atoms with Crippen molar-refractivity contribution in [2.24, 2.45) is 29.6 Å². The molecule has 4 aromatic carbocycles. The molecule has 3 heterocycles. The second-order valence-electron chi connectivity index (χ2n) is 13.5. The van der Waals surface area contributed by atoms with Crippen molar-refractivity contribution in [2.45, 2.75) is 28.8 Å². The number of aromatic amines is 1. The van der Waals surface area contributed by atoms with E-state index in [1.807, 2.05) is 42.5 Å². The highest BCUT2D eigenvalue weighted by Crippen LogP contribution is 2.69. The van der Waals surface area contributed by atoms with Gasteiger partial charge in [-0.15, -0.1) is 11.8 Å². The van der Waals surface area contributed by atoms with Gasteiger partial charge >= 0.3 is 11.0 Å². The number of carbonyl (C=O) groups excluding carboxylic acids is 3. The van der Waals surface area contributed by atoms with Crippen molar-refractivity contribution >= 4 is 74.6 Å². The Kier molecular flexibility index (Phi) is 7.83. The molecule has 9 rings (SSSR count). The summed E-state index contributed by atoms with van der Waals surface area (Å²) in [7, 11) is 0. The minimum atomic E-state index is -4.77. The second kappa shape index (κ2) is 12.2. The number of thioether (sulfide) groups is 1. The van der Waals surface area contributed by atoms with Crippen molar-refractivity contribution in [1.29, 1.82) is 0 Å². The van der Waals surface area contributed by atoms with E-state index in [0.29, 0.717) is 33.5 Å². The molecule has 6 unspecified atom stereocenters. The van der Waals surface area contributed by atoms with Crippen LogP contribution in [0.2, 0.25) is 5.02 Å². The lowest BCUT2D eigenvalue weighted by molar-refractivity contribution is -0.137. The largest absolute Gasteiger partial charge is 0.483 e. The molecule has 1 saturated heterocycles. The van der Waals surface area contributed by atoms with Gasteiger partial charge in [0.1, 0.15) is 5.75 Å². The summed E-state index contributed by atoms with van der Waals surface area (Å²) in [6.07, 6.45) is -4.23. The first-order valence-corrected chi connectivity index (χ1v) is 18.7. The van der Waals surface area contributed by atoms with Gasteiger partial charge in [0.2, 0.25) is 11.8 Å². The maximum Gasteiger partial charge on any atom is 0.418 e. The number of halogens is 4. The molecule has 3 amide bonds. The molecule has 2 aliphatic heterocycles. The molecule has 52 heavy (non-hydrogen) atoms. The number of benzene rings is 4. The molecule has 4 aliphatic rings. The predicted molar refractivity (Wildman–Crippen MR) is 192 cm³/mol. The Morgan fingerprint density at radius 2 is 1.67 bits per heavy atom. The van der Waals surface area contributed by atoms with Crippen LogP contribution in [0.5, 0.6) is 5.75 Å². The molecular weight excluding hydrogens is 735 g/mol. The first-order valence-electron chi connectivity index (χ1n) is 16.6. The highest BCUT2D eigenvalue weighted by atomic mass is 35.5. The first-order chi connectivity index (χ1) is 25.0. The van der Waals surface area contributed by atoms with Crippen LogP contribution < -0.4 is 19.8 Å². The standard InChI is InChI=1S/C38H27ClF3N3O5S2/c39-18-12-13-26(50-16-27(46)43-24-10-5-7-17-6-1-2-8-19(17)24)20(14-18)28-29-21-15-22(32(29)51-34-33(28)52-37(49)44-34)31-30(21)35(47)45(36(31)48)25-11-4-3-9-23(25)38(40,41)42/h1-14,21-22,28-32H,15-16H2,(H,43,46)(H,44,49)/t21?,22?,28-,29?,30?,31?,32?/m1/s1. The van der Waals surface area contributed by atoms with E-state index in [2.05, 4.69) is 10.3 Å². The third kappa shape index (κ3) is 5.19. The van der Waals surface area contributed by atoms with Gasteiger partial charge in [-0.1, -0.05) is 71.5 Å². The van der Waals surface area contributed by atoms with Crippen LogP contribution in [0.25, 0.3) is 10.8 Å². The van der Waals surface area contributed by atoms with E-state index in [1.54, 1.807) is 18.2 Å². The van der Waals surface area contributed by atoms with Crippen molar-refractivity contribution in [1.82, 2.24) is 4.98 Å². The van der Waals surface area contributed by atoms with Crippen molar-refractivity contribution < 1.29 is 32.3 Å². The molecule has 5 aromatic rings. The summed E-state index contributed by atoms with van der Waals surface area (Å²) in [6.45, 7) is -0.332. The summed E-state index contributed by atoms with van der Waals surface area (Å²) < 4.78 is 48.4. The fourth-order valence-corrected chi connectivity index (χ4v) is 12.1. The van der Waals surface area contributed by atoms with Crippen molar-refractivity contribution in [3.63, 3.8) is 0 Å². The Bertz CT molecular complexity index is 2370. The molecule has 2 N–H and O–H groups in total. The van der Waals surface area contributed by atoms with Gasteiger partial charge in [-0.2, -0.15) is 13.2 Å². The van der Waals surface area contributed by atoms with Crippen LogP contribution in [0.3, 0.4) is 0 Å². The first kappa shape index (κ1) is 33.3. The average Bonchev–Trinajstić information content (AvgIpc) is 3.86. The normalized spacial score (nSPS) is 26.0. The Morgan fingerprint density at radius 1 is 0.942 bits per heavy atom. The van der Waals surface area contributed by atoms with Crippen LogP contribution in [0, 0.1) is 29.6 Å². The number of carbonyl (C=O) groups is 3. The third-order valence-corrected chi connectivity index (χ3v) is 13.7. The summed E-state index contributed by atoms with van der Waals surface area (Å²) in [4.78, 5) is 58.3. The number of para-hydroxylation sites is 1. The minimum absolute atomic E-state index is 0.231. The Hall–Kier alpha value is -4.59. The van der Waals surface area contributed by atoms with Crippen LogP contribution in [0.4, 0.5) is 24.5 Å². The molecule has 264 valence electrons. The summed E-state index contributed by atoms with van der Waals surface area (Å²) in [5.41, 5.74) is -0.242. The third-order valence-electron chi connectivity index (χ3n) is 10.9. The van der Waals surface area contributed by atoms with Crippen LogP contribution in [0.15, 0.2) is 94.7 Å². The van der Waals surface area contributed by atoms with Crippen molar-refractivity contribution in [3.05, 3.63) is 116 Å². The number of nitrogens with one attached hydrogen (secondary N) is 2. The number of anilines is 2. The lowest BCUT2D eigenvalue weighted by Gasteiger charge is -2.43. The molecule has 2 bridgehead atoms. The number of rotatable bonds is 6. The van der Waals surface area contributed by atoms with Gasteiger partial charge in [0.15, 0.2) is 6.61 Å². The maximum absolute atomic E-state index is 14.2. The number of fused-ring (bicyclic) bond motifs is 10. The molecule has 2 aliphatic carbocycles. The highest BCUT2D eigenvalue weighted by molar-refractivity contribution is 8.00. The van der Waals surface area contributed by atoms with E-state index in [0.717, 1.165) is 38.0 Å². The average molecular weight is 762 g/mol. The quantitative estimate of drug-likeness (QED) is 0.170.